The van der Waals surface area contributed by atoms with E-state index >= 15 is 0 Å². The Bertz CT molecular complexity index is 1710. The molecule has 3 aromatic carbocycles. The van der Waals surface area contributed by atoms with Crippen molar-refractivity contribution >= 4 is 40.1 Å². The van der Waals surface area contributed by atoms with Crippen LogP contribution in [0, 0.1) is 17.0 Å². The molecule has 10 nitrogen and oxygen atoms in total. The lowest BCUT2D eigenvalue weighted by Crippen LogP contribution is -2.36. The van der Waals surface area contributed by atoms with Gasteiger partial charge < -0.3 is 20.5 Å². The molecule has 3 N–H and O–H groups in total. The van der Waals surface area contributed by atoms with E-state index in [0.29, 0.717) is 35.5 Å². The van der Waals surface area contributed by atoms with Crippen molar-refractivity contribution in [3.8, 4) is 11.3 Å². The third kappa shape index (κ3) is 5.51. The van der Waals surface area contributed by atoms with Gasteiger partial charge in [-0.25, -0.2) is 4.98 Å². The number of aryl methyl sites for hydroxylation is 1. The summed E-state index contributed by atoms with van der Waals surface area (Å²) in [6.07, 6.45) is 5.19. The molecule has 2 aliphatic heterocycles. The van der Waals surface area contributed by atoms with Crippen LogP contribution in [0.1, 0.15) is 41.8 Å². The molecule has 1 saturated heterocycles. The first-order valence-corrected chi connectivity index (χ1v) is 14.0. The lowest BCUT2D eigenvalue weighted by Gasteiger charge is -2.26. The average Bonchev–Trinajstić information content (AvgIpc) is 3.58. The van der Waals surface area contributed by atoms with Gasteiger partial charge in [-0.05, 0) is 55.5 Å². The van der Waals surface area contributed by atoms with E-state index in [1.165, 1.54) is 12.1 Å². The van der Waals surface area contributed by atoms with Crippen molar-refractivity contribution < 1.29 is 14.5 Å². The summed E-state index contributed by atoms with van der Waals surface area (Å²) in [6, 6.07) is 19.9. The molecule has 6 rings (SSSR count). The number of non-ortho nitro benzene ring substituents is 1. The van der Waals surface area contributed by atoms with Crippen LogP contribution in [-0.4, -0.2) is 44.7 Å². The van der Waals surface area contributed by atoms with E-state index in [9.17, 15) is 19.7 Å². The van der Waals surface area contributed by atoms with Crippen molar-refractivity contribution in [3.63, 3.8) is 0 Å². The normalized spacial score (nSPS) is 15.8. The first-order chi connectivity index (χ1) is 20.4. The molecule has 0 atom stereocenters. The van der Waals surface area contributed by atoms with Gasteiger partial charge in [-0.1, -0.05) is 36.4 Å². The van der Waals surface area contributed by atoms with E-state index in [1.54, 1.807) is 6.07 Å². The standard InChI is InChI=1S/C32H30N6O4/c1-20-33-19-28(34-20)22-9-11-24(12-10-22)35-31(30-26-18-25(38(41)42)13-14-27(26)36-32(30)40)23-7-5-21(6-8-23)15-17-37-16-3-2-4-29(37)39/h5-14,18-19,35H,2-4,15-17H2,1H3,(H,33,34)(H,36,40)/b31-30-. The lowest BCUT2D eigenvalue weighted by molar-refractivity contribution is -0.384. The minimum absolute atomic E-state index is 0.0941. The monoisotopic (exact) mass is 562 g/mol. The summed E-state index contributed by atoms with van der Waals surface area (Å²) >= 11 is 0. The van der Waals surface area contributed by atoms with Crippen LogP contribution in [0.15, 0.2) is 72.9 Å². The van der Waals surface area contributed by atoms with Crippen molar-refractivity contribution in [1.29, 1.82) is 0 Å². The number of nitro groups is 1. The first kappa shape index (κ1) is 26.9. The van der Waals surface area contributed by atoms with Crippen molar-refractivity contribution in [2.24, 2.45) is 0 Å². The number of likely N-dealkylation sites (tertiary alicyclic amines) is 1. The number of benzene rings is 3. The highest BCUT2D eigenvalue weighted by Crippen LogP contribution is 2.39. The number of fused-ring (bicyclic) bond motifs is 1. The van der Waals surface area contributed by atoms with Gasteiger partial charge in [0.2, 0.25) is 5.91 Å². The zero-order valence-electron chi connectivity index (χ0n) is 23.1. The number of piperidine rings is 1. The van der Waals surface area contributed by atoms with Crippen LogP contribution in [0.5, 0.6) is 0 Å². The van der Waals surface area contributed by atoms with E-state index in [0.717, 1.165) is 59.7 Å². The molecule has 0 unspecified atom stereocenters. The second-order valence-corrected chi connectivity index (χ2v) is 10.5. The molecule has 0 radical (unpaired) electrons. The van der Waals surface area contributed by atoms with Crippen LogP contribution in [0.3, 0.4) is 0 Å². The summed E-state index contributed by atoms with van der Waals surface area (Å²) in [5.74, 6) is 0.692. The van der Waals surface area contributed by atoms with Gasteiger partial charge in [0.25, 0.3) is 11.6 Å². The van der Waals surface area contributed by atoms with Gasteiger partial charge in [-0.3, -0.25) is 19.7 Å². The highest BCUT2D eigenvalue weighted by atomic mass is 16.6. The molecular formula is C32H30N6O4. The maximum atomic E-state index is 13.3. The number of hydrogen-bond donors (Lipinski definition) is 3. The van der Waals surface area contributed by atoms with E-state index in [2.05, 4.69) is 20.6 Å². The largest absolute Gasteiger partial charge is 0.354 e. The fourth-order valence-corrected chi connectivity index (χ4v) is 5.43. The van der Waals surface area contributed by atoms with Crippen LogP contribution >= 0.6 is 0 Å². The van der Waals surface area contributed by atoms with Crippen LogP contribution in [-0.2, 0) is 16.0 Å². The molecule has 1 fully saturated rings. The number of nitrogens with one attached hydrogen (secondary N) is 3. The predicted molar refractivity (Wildman–Crippen MR) is 162 cm³/mol. The Balaban J connectivity index is 1.34. The fraction of sp³-hybridized carbons (Fsp3) is 0.219. The first-order valence-electron chi connectivity index (χ1n) is 14.0. The molecular weight excluding hydrogens is 532 g/mol. The quantitative estimate of drug-likeness (QED) is 0.142. The summed E-state index contributed by atoms with van der Waals surface area (Å²) in [7, 11) is 0. The van der Waals surface area contributed by atoms with Crippen molar-refractivity contribution in [2.75, 3.05) is 23.7 Å². The summed E-state index contributed by atoms with van der Waals surface area (Å²) in [6.45, 7) is 3.37. The highest BCUT2D eigenvalue weighted by Gasteiger charge is 2.30. The van der Waals surface area contributed by atoms with Gasteiger partial charge in [0, 0.05) is 60.3 Å². The van der Waals surface area contributed by atoms with Gasteiger partial charge in [0.05, 0.1) is 21.9 Å². The van der Waals surface area contributed by atoms with Gasteiger partial charge >= 0.3 is 0 Å². The Hall–Kier alpha value is -5.25. The SMILES string of the molecule is Cc1nc(-c2ccc(N/C(=C3\C(=O)Nc4ccc([N+](=O)[O-])cc43)c3ccc(CCN4CCCCC4=O)cc3)cc2)c[nH]1. The third-order valence-electron chi connectivity index (χ3n) is 7.70. The number of aromatic nitrogens is 2. The minimum Gasteiger partial charge on any atom is -0.354 e. The summed E-state index contributed by atoms with van der Waals surface area (Å²) in [4.78, 5) is 46.1. The summed E-state index contributed by atoms with van der Waals surface area (Å²) in [5, 5.41) is 17.8. The van der Waals surface area contributed by atoms with Crippen LogP contribution < -0.4 is 10.6 Å². The Morgan fingerprint density at radius 3 is 2.52 bits per heavy atom. The maximum Gasteiger partial charge on any atom is 0.270 e. The predicted octanol–water partition coefficient (Wildman–Crippen LogP) is 5.78. The maximum absolute atomic E-state index is 13.3. The van der Waals surface area contributed by atoms with Gasteiger partial charge in [-0.15, -0.1) is 0 Å². The number of imidazole rings is 1. The van der Waals surface area contributed by atoms with Crippen molar-refractivity contribution in [3.05, 3.63) is 106 Å². The molecule has 4 aromatic rings. The summed E-state index contributed by atoms with van der Waals surface area (Å²) in [5.41, 5.74) is 6.10. The number of carbonyl (C=O) groups excluding carboxylic acids is 2. The zero-order chi connectivity index (χ0) is 29.2. The van der Waals surface area contributed by atoms with Crippen molar-refractivity contribution in [2.45, 2.75) is 32.6 Å². The van der Waals surface area contributed by atoms with E-state index in [4.69, 9.17) is 0 Å². The summed E-state index contributed by atoms with van der Waals surface area (Å²) < 4.78 is 0. The molecule has 10 heteroatoms. The topological polar surface area (TPSA) is 133 Å². The second-order valence-electron chi connectivity index (χ2n) is 10.5. The van der Waals surface area contributed by atoms with Crippen LogP contribution in [0.25, 0.3) is 22.5 Å². The molecule has 0 aliphatic carbocycles. The number of nitro benzene ring substituents is 1. The van der Waals surface area contributed by atoms with E-state index in [1.807, 2.05) is 66.6 Å². The molecule has 42 heavy (non-hydrogen) atoms. The number of amides is 2. The number of anilines is 2. The number of H-pyrrole nitrogens is 1. The van der Waals surface area contributed by atoms with E-state index in [-0.39, 0.29) is 17.5 Å². The molecule has 2 amide bonds. The van der Waals surface area contributed by atoms with Gasteiger partial charge in [-0.2, -0.15) is 0 Å². The number of carbonyl (C=O) groups is 2. The molecule has 1 aromatic heterocycles. The van der Waals surface area contributed by atoms with Gasteiger partial charge in [0.1, 0.15) is 5.82 Å². The lowest BCUT2D eigenvalue weighted by atomic mass is 9.98. The van der Waals surface area contributed by atoms with Crippen LogP contribution in [0.4, 0.5) is 17.1 Å². The zero-order valence-corrected chi connectivity index (χ0v) is 23.1. The number of rotatable bonds is 8. The second kappa shape index (κ2) is 11.3. The Morgan fingerprint density at radius 1 is 1.05 bits per heavy atom. The Morgan fingerprint density at radius 2 is 1.83 bits per heavy atom. The van der Waals surface area contributed by atoms with Crippen LogP contribution in [0.2, 0.25) is 0 Å². The van der Waals surface area contributed by atoms with E-state index < -0.39 is 4.92 Å². The number of aromatic amines is 1. The smallest absolute Gasteiger partial charge is 0.270 e. The number of hydrogen-bond acceptors (Lipinski definition) is 6. The third-order valence-corrected chi connectivity index (χ3v) is 7.70. The number of nitrogens with zero attached hydrogens (tertiary/aromatic N) is 3. The molecule has 0 bridgehead atoms. The Labute approximate surface area is 242 Å². The molecule has 0 saturated carbocycles. The molecule has 3 heterocycles. The van der Waals surface area contributed by atoms with Crippen molar-refractivity contribution in [1.82, 2.24) is 14.9 Å². The molecule has 212 valence electrons. The molecule has 0 spiro atoms. The fourth-order valence-electron chi connectivity index (χ4n) is 5.43. The Kier molecular flexibility index (Phi) is 7.26. The molecule has 2 aliphatic rings. The van der Waals surface area contributed by atoms with Gasteiger partial charge in [0.15, 0.2) is 0 Å². The highest BCUT2D eigenvalue weighted by molar-refractivity contribution is 6.37. The minimum atomic E-state index is -0.467. The average molecular weight is 563 g/mol.